The molecule has 6 rings (SSSR count). The lowest BCUT2D eigenvalue weighted by molar-refractivity contribution is -0.162. The zero-order valence-corrected chi connectivity index (χ0v) is 27.7. The predicted octanol–water partition coefficient (Wildman–Crippen LogP) is 2.72. The number of hydrogen-bond donors (Lipinski definition) is 2. The zero-order chi connectivity index (χ0) is 34.5. The summed E-state index contributed by atoms with van der Waals surface area (Å²) < 4.78 is 23.6. The third kappa shape index (κ3) is 6.60. The molecule has 5 bridgehead atoms. The number of aliphatic hydroxyl groups is 1. The van der Waals surface area contributed by atoms with Crippen molar-refractivity contribution in [3.05, 3.63) is 84.5 Å². The van der Waals surface area contributed by atoms with Gasteiger partial charge in [0.1, 0.15) is 29.4 Å². The van der Waals surface area contributed by atoms with Crippen molar-refractivity contribution in [1.82, 2.24) is 10.2 Å². The summed E-state index contributed by atoms with van der Waals surface area (Å²) >= 11 is 0. The number of hydrogen-bond acceptors (Lipinski definition) is 9. The Balaban J connectivity index is 1.44. The Morgan fingerprint density at radius 3 is 2.47 bits per heavy atom. The molecule has 12 heteroatoms. The number of ether oxygens (including phenoxy) is 4. The number of methoxy groups -OCH3 is 2. The van der Waals surface area contributed by atoms with Crippen molar-refractivity contribution in [2.75, 3.05) is 45.4 Å². The first-order valence-electron chi connectivity index (χ1n) is 16.8. The molecular formula is C37H43N3O9. The Labute approximate surface area is 285 Å². The summed E-state index contributed by atoms with van der Waals surface area (Å²) in [6, 6.07) is 14.3. The first-order chi connectivity index (χ1) is 23.8. The highest BCUT2D eigenvalue weighted by Gasteiger charge is 2.73. The van der Waals surface area contributed by atoms with E-state index in [0.717, 1.165) is 0 Å². The van der Waals surface area contributed by atoms with E-state index in [1.165, 1.54) is 12.0 Å². The van der Waals surface area contributed by atoms with Crippen LogP contribution in [0.3, 0.4) is 0 Å². The molecule has 4 heterocycles. The fourth-order valence-corrected chi connectivity index (χ4v) is 7.49. The van der Waals surface area contributed by atoms with Crippen molar-refractivity contribution in [3.8, 4) is 5.75 Å². The Hall–Kier alpha value is -4.52. The number of carbonyl (C=O) groups excluding carboxylic acids is 4. The van der Waals surface area contributed by atoms with Gasteiger partial charge < -0.3 is 39.2 Å². The molecule has 0 radical (unpaired) electrons. The normalized spacial score (nSPS) is 30.7. The second-order valence-electron chi connectivity index (χ2n) is 12.7. The summed E-state index contributed by atoms with van der Waals surface area (Å²) in [5, 5.41) is 12.5. The van der Waals surface area contributed by atoms with Gasteiger partial charge in [0, 0.05) is 38.9 Å². The smallest absolute Gasteiger partial charge is 0.313 e. The topological polar surface area (TPSA) is 144 Å². The first-order valence-corrected chi connectivity index (χ1v) is 16.8. The average molecular weight is 674 g/mol. The lowest BCUT2D eigenvalue weighted by Crippen LogP contribution is -2.56. The maximum atomic E-state index is 14.9. The van der Waals surface area contributed by atoms with Gasteiger partial charge in [-0.1, -0.05) is 54.6 Å². The van der Waals surface area contributed by atoms with E-state index in [1.54, 1.807) is 48.4 Å². The largest absolute Gasteiger partial charge is 0.497 e. The molecule has 7 atom stereocenters. The Kier molecular flexibility index (Phi) is 10.5. The van der Waals surface area contributed by atoms with E-state index in [-0.39, 0.29) is 50.4 Å². The van der Waals surface area contributed by atoms with Crippen LogP contribution in [0.4, 0.5) is 5.69 Å². The minimum absolute atomic E-state index is 0.0640. The second kappa shape index (κ2) is 14.9. The highest BCUT2D eigenvalue weighted by atomic mass is 16.6. The van der Waals surface area contributed by atoms with E-state index >= 15 is 0 Å². The van der Waals surface area contributed by atoms with Gasteiger partial charge in [-0.2, -0.15) is 0 Å². The van der Waals surface area contributed by atoms with Crippen LogP contribution in [-0.2, 0) is 33.4 Å². The van der Waals surface area contributed by atoms with Crippen LogP contribution in [0.5, 0.6) is 5.75 Å². The van der Waals surface area contributed by atoms with Crippen LogP contribution >= 0.6 is 0 Å². The van der Waals surface area contributed by atoms with Crippen molar-refractivity contribution >= 4 is 29.4 Å². The van der Waals surface area contributed by atoms with E-state index in [0.29, 0.717) is 36.3 Å². The van der Waals surface area contributed by atoms with E-state index in [2.05, 4.69) is 5.32 Å². The number of fused-ring (bicyclic) bond motifs is 2. The summed E-state index contributed by atoms with van der Waals surface area (Å²) in [6.07, 6.45) is 6.89. The van der Waals surface area contributed by atoms with Crippen molar-refractivity contribution in [2.45, 2.75) is 55.6 Å². The number of unbranched alkanes of at least 4 members (excludes halogenated alkanes) is 1. The lowest BCUT2D eigenvalue weighted by Gasteiger charge is -2.36. The molecule has 49 heavy (non-hydrogen) atoms. The van der Waals surface area contributed by atoms with Crippen LogP contribution in [0.2, 0.25) is 0 Å². The number of amides is 3. The Morgan fingerprint density at radius 2 is 1.76 bits per heavy atom. The number of benzene rings is 2. The fourth-order valence-electron chi connectivity index (χ4n) is 7.49. The number of esters is 1. The number of aliphatic hydroxyl groups excluding tert-OH is 1. The molecule has 0 unspecified atom stereocenters. The summed E-state index contributed by atoms with van der Waals surface area (Å²) in [5.74, 6) is -3.12. The third-order valence-corrected chi connectivity index (χ3v) is 9.76. The van der Waals surface area contributed by atoms with E-state index in [1.807, 2.05) is 42.5 Å². The van der Waals surface area contributed by atoms with Gasteiger partial charge in [-0.3, -0.25) is 19.2 Å². The molecule has 2 aromatic carbocycles. The fraction of sp³-hybridized carbons (Fsp3) is 0.459. The van der Waals surface area contributed by atoms with Crippen LogP contribution < -0.4 is 15.0 Å². The number of carbonyl (C=O) groups is 4. The Morgan fingerprint density at radius 1 is 0.980 bits per heavy atom. The number of rotatable bonds is 9. The van der Waals surface area contributed by atoms with Gasteiger partial charge in [-0.15, -0.1) is 0 Å². The predicted molar refractivity (Wildman–Crippen MR) is 178 cm³/mol. The summed E-state index contributed by atoms with van der Waals surface area (Å²) in [7, 11) is 3.07. The monoisotopic (exact) mass is 673 g/mol. The van der Waals surface area contributed by atoms with Crippen molar-refractivity contribution < 1.29 is 43.2 Å². The van der Waals surface area contributed by atoms with Gasteiger partial charge >= 0.3 is 5.97 Å². The second-order valence-corrected chi connectivity index (χ2v) is 12.7. The molecule has 4 aliphatic heterocycles. The average Bonchev–Trinajstić information content (AvgIpc) is 3.76. The van der Waals surface area contributed by atoms with Crippen LogP contribution in [-0.4, -0.2) is 98.0 Å². The van der Waals surface area contributed by atoms with E-state index < -0.39 is 47.7 Å². The number of likely N-dealkylation sites (tertiary alicyclic amines) is 1. The van der Waals surface area contributed by atoms with Crippen molar-refractivity contribution in [2.24, 2.45) is 11.8 Å². The summed E-state index contributed by atoms with van der Waals surface area (Å²) in [6.45, 7) is 0.352. The lowest BCUT2D eigenvalue weighted by atomic mass is 9.74. The van der Waals surface area contributed by atoms with Gasteiger partial charge in [0.25, 0.3) is 5.91 Å². The molecule has 12 nitrogen and oxygen atoms in total. The van der Waals surface area contributed by atoms with Crippen molar-refractivity contribution in [1.29, 1.82) is 0 Å². The maximum absolute atomic E-state index is 14.9. The molecule has 2 saturated heterocycles. The molecule has 2 aromatic rings. The SMILES string of the molecule is COC[C@H]1NC(=O)CC/C=C\CN(c2ccc(OC)cc2)C(=O)[C@@H]2N(CCCCO)C(=O)[C@H]3[C@H](C(=O)O[C@@H]1c1ccccc1)[C@@H]1C=C[C@]23O1. The minimum atomic E-state index is -1.41. The molecule has 0 aliphatic carbocycles. The van der Waals surface area contributed by atoms with Gasteiger partial charge in [-0.05, 0) is 49.1 Å². The molecule has 2 N–H and O–H groups in total. The maximum Gasteiger partial charge on any atom is 0.313 e. The number of allylic oxidation sites excluding steroid dienone is 1. The van der Waals surface area contributed by atoms with Crippen molar-refractivity contribution in [3.63, 3.8) is 0 Å². The van der Waals surface area contributed by atoms with Gasteiger partial charge in [0.2, 0.25) is 11.8 Å². The molecule has 4 aliphatic rings. The number of cyclic esters (lactones) is 1. The highest BCUT2D eigenvalue weighted by Crippen LogP contribution is 2.56. The molecule has 2 fully saturated rings. The minimum Gasteiger partial charge on any atom is -0.497 e. The van der Waals surface area contributed by atoms with Gasteiger partial charge in [-0.25, -0.2) is 0 Å². The molecular weight excluding hydrogens is 630 g/mol. The molecule has 1 spiro atoms. The van der Waals surface area contributed by atoms with E-state index in [9.17, 15) is 24.3 Å². The van der Waals surface area contributed by atoms with Crippen LogP contribution in [0.25, 0.3) is 0 Å². The Bertz CT molecular complexity index is 1580. The zero-order valence-electron chi connectivity index (χ0n) is 27.7. The quantitative estimate of drug-likeness (QED) is 0.233. The summed E-state index contributed by atoms with van der Waals surface area (Å²) in [4.78, 5) is 59.9. The molecule has 0 saturated carbocycles. The van der Waals surface area contributed by atoms with Crippen LogP contribution in [0.1, 0.15) is 37.4 Å². The standard InChI is InChI=1S/C37H43N3O9/c1-46-23-27-32(24-11-5-3-6-12-24)48-36(45)30-28-18-19-37(49-28)31(30)34(43)40(21-9-10-22-41)33(37)35(44)39(20-8-4-7-13-29(42)38-27)25-14-16-26(47-2)17-15-25/h3-6,8,11-12,14-19,27-28,30-33,41H,7,9-10,13,20-23H2,1-2H3,(H,38,42)/b8-4-/t27-,28+,30-,31-,32-,33+,37-/m1/s1. The molecule has 0 aromatic heterocycles. The van der Waals surface area contributed by atoms with E-state index in [4.69, 9.17) is 18.9 Å². The number of nitrogens with one attached hydrogen (secondary N) is 1. The van der Waals surface area contributed by atoms with Gasteiger partial charge in [0.05, 0.1) is 31.8 Å². The number of nitrogens with zero attached hydrogens (tertiary/aromatic N) is 2. The van der Waals surface area contributed by atoms with Crippen LogP contribution in [0.15, 0.2) is 78.9 Å². The summed E-state index contributed by atoms with van der Waals surface area (Å²) in [5.41, 5.74) is -0.182. The molecule has 3 amide bonds. The van der Waals surface area contributed by atoms with Crippen LogP contribution in [0, 0.1) is 11.8 Å². The number of anilines is 1. The third-order valence-electron chi connectivity index (χ3n) is 9.76. The first kappa shape index (κ1) is 34.3. The highest BCUT2D eigenvalue weighted by molar-refractivity contribution is 6.05. The van der Waals surface area contributed by atoms with Gasteiger partial charge in [0.15, 0.2) is 0 Å². The molecule has 260 valence electrons.